The number of nitrogens with one attached hydrogen (secondary N) is 1. The van der Waals surface area contributed by atoms with Crippen LogP contribution >= 0.6 is 15.9 Å². The molecule has 0 aliphatic heterocycles. The molecule has 1 aromatic carbocycles. The summed E-state index contributed by atoms with van der Waals surface area (Å²) >= 11 is 3.31. The highest BCUT2D eigenvalue weighted by atomic mass is 79.9. The van der Waals surface area contributed by atoms with Gasteiger partial charge in [-0.1, -0.05) is 15.9 Å². The van der Waals surface area contributed by atoms with Crippen LogP contribution in [0.15, 0.2) is 33.8 Å². The summed E-state index contributed by atoms with van der Waals surface area (Å²) in [7, 11) is 0. The molecule has 1 aromatic rings. The Kier molecular flexibility index (Phi) is 4.98. The first-order chi connectivity index (χ1) is 7.58. The Morgan fingerprint density at radius 1 is 1.38 bits per heavy atom. The molecule has 0 bridgehead atoms. The van der Waals surface area contributed by atoms with Crippen molar-refractivity contribution in [2.45, 2.75) is 13.8 Å². The number of carbonyl (C=O) groups excluding carboxylic acids is 1. The molecule has 1 rings (SSSR count). The van der Waals surface area contributed by atoms with Crippen LogP contribution in [-0.2, 0) is 4.79 Å². The zero-order valence-corrected chi connectivity index (χ0v) is 10.7. The number of nitrogens with zero attached hydrogens (tertiary/aromatic N) is 1. The molecule has 0 saturated heterocycles. The van der Waals surface area contributed by atoms with E-state index in [1.54, 1.807) is 26.0 Å². The lowest BCUT2D eigenvalue weighted by atomic mass is 10.3. The Morgan fingerprint density at radius 2 is 2.00 bits per heavy atom. The summed E-state index contributed by atoms with van der Waals surface area (Å²) in [6.07, 6.45) is 0. The largest absolute Gasteiger partial charge is 0.484 e. The molecule has 0 radical (unpaired) electrons. The number of amides is 1. The van der Waals surface area contributed by atoms with E-state index in [4.69, 9.17) is 4.74 Å². The minimum absolute atomic E-state index is 0.0432. The van der Waals surface area contributed by atoms with Gasteiger partial charge < -0.3 is 4.74 Å². The van der Waals surface area contributed by atoms with Crippen LogP contribution in [0.1, 0.15) is 13.8 Å². The lowest BCUT2D eigenvalue weighted by molar-refractivity contribution is -0.123. The van der Waals surface area contributed by atoms with E-state index >= 15 is 0 Å². The molecule has 1 N–H and O–H groups in total. The van der Waals surface area contributed by atoms with Gasteiger partial charge in [0.25, 0.3) is 5.91 Å². The van der Waals surface area contributed by atoms with Crippen LogP contribution in [0, 0.1) is 0 Å². The number of hydrogen-bond donors (Lipinski definition) is 1. The smallest absolute Gasteiger partial charge is 0.277 e. The Bertz CT molecular complexity index is 383. The second kappa shape index (κ2) is 6.27. The zero-order valence-electron chi connectivity index (χ0n) is 9.16. The number of ether oxygens (including phenoxy) is 1. The average molecular weight is 285 g/mol. The lowest BCUT2D eigenvalue weighted by Gasteiger charge is -2.04. The van der Waals surface area contributed by atoms with Gasteiger partial charge >= 0.3 is 0 Å². The standard InChI is InChI=1S/C11H13BrN2O2/c1-8(2)13-14-11(15)7-16-10-5-3-9(12)4-6-10/h3-6H,7H2,1-2H3,(H,14,15). The van der Waals surface area contributed by atoms with Gasteiger partial charge in [-0.3, -0.25) is 4.79 Å². The predicted octanol–water partition coefficient (Wildman–Crippen LogP) is 2.34. The van der Waals surface area contributed by atoms with Crippen molar-refractivity contribution in [1.82, 2.24) is 5.43 Å². The first-order valence-electron chi connectivity index (χ1n) is 4.76. The van der Waals surface area contributed by atoms with Crippen LogP contribution in [0.3, 0.4) is 0 Å². The third kappa shape index (κ3) is 4.93. The second-order valence-corrected chi connectivity index (χ2v) is 4.25. The third-order valence-electron chi connectivity index (χ3n) is 1.59. The minimum atomic E-state index is -0.274. The number of carbonyl (C=O) groups is 1. The first-order valence-corrected chi connectivity index (χ1v) is 5.55. The molecule has 0 spiro atoms. The van der Waals surface area contributed by atoms with Crippen molar-refractivity contribution in [3.8, 4) is 5.75 Å². The minimum Gasteiger partial charge on any atom is -0.484 e. The number of rotatable bonds is 4. The molecule has 0 atom stereocenters. The van der Waals surface area contributed by atoms with E-state index in [1.165, 1.54) is 0 Å². The van der Waals surface area contributed by atoms with Gasteiger partial charge in [0.2, 0.25) is 0 Å². The monoisotopic (exact) mass is 284 g/mol. The highest BCUT2D eigenvalue weighted by molar-refractivity contribution is 9.10. The maximum Gasteiger partial charge on any atom is 0.277 e. The van der Waals surface area contributed by atoms with Gasteiger partial charge in [-0.2, -0.15) is 5.10 Å². The van der Waals surface area contributed by atoms with E-state index in [0.717, 1.165) is 10.2 Å². The molecule has 5 heteroatoms. The van der Waals surface area contributed by atoms with Crippen molar-refractivity contribution in [3.05, 3.63) is 28.7 Å². The molecule has 0 unspecified atom stereocenters. The maximum atomic E-state index is 11.2. The number of hydrazone groups is 1. The molecule has 0 aromatic heterocycles. The van der Waals surface area contributed by atoms with Crippen LogP contribution in [0.2, 0.25) is 0 Å². The van der Waals surface area contributed by atoms with E-state index in [1.807, 2.05) is 12.1 Å². The fraction of sp³-hybridized carbons (Fsp3) is 0.273. The highest BCUT2D eigenvalue weighted by Crippen LogP contribution is 2.15. The number of benzene rings is 1. The molecule has 4 nitrogen and oxygen atoms in total. The van der Waals surface area contributed by atoms with E-state index in [0.29, 0.717) is 5.75 Å². The molecule has 86 valence electrons. The predicted molar refractivity (Wildman–Crippen MR) is 66.6 cm³/mol. The number of hydrogen-bond acceptors (Lipinski definition) is 3. The molecule has 16 heavy (non-hydrogen) atoms. The lowest BCUT2D eigenvalue weighted by Crippen LogP contribution is -2.25. The van der Waals surface area contributed by atoms with E-state index in [2.05, 4.69) is 26.5 Å². The van der Waals surface area contributed by atoms with Gasteiger partial charge in [-0.05, 0) is 38.1 Å². The van der Waals surface area contributed by atoms with Crippen molar-refractivity contribution >= 4 is 27.5 Å². The fourth-order valence-corrected chi connectivity index (χ4v) is 1.15. The Hall–Kier alpha value is -1.36. The van der Waals surface area contributed by atoms with Crippen molar-refractivity contribution in [2.24, 2.45) is 5.10 Å². The van der Waals surface area contributed by atoms with Gasteiger partial charge in [0.15, 0.2) is 6.61 Å². The van der Waals surface area contributed by atoms with Crippen LogP contribution in [0.25, 0.3) is 0 Å². The molecule has 0 fully saturated rings. The van der Waals surface area contributed by atoms with E-state index in [-0.39, 0.29) is 12.5 Å². The van der Waals surface area contributed by atoms with Gasteiger partial charge in [0.05, 0.1) is 0 Å². The first kappa shape index (κ1) is 12.7. The molecule has 0 aliphatic carbocycles. The Balaban J connectivity index is 2.37. The zero-order chi connectivity index (χ0) is 12.0. The second-order valence-electron chi connectivity index (χ2n) is 3.34. The number of halogens is 1. The van der Waals surface area contributed by atoms with Gasteiger partial charge in [-0.15, -0.1) is 0 Å². The van der Waals surface area contributed by atoms with Crippen LogP contribution in [0.5, 0.6) is 5.75 Å². The third-order valence-corrected chi connectivity index (χ3v) is 2.12. The molecular formula is C11H13BrN2O2. The van der Waals surface area contributed by atoms with Crippen molar-refractivity contribution in [2.75, 3.05) is 6.61 Å². The molecule has 0 saturated carbocycles. The topological polar surface area (TPSA) is 50.7 Å². The molecule has 0 aliphatic rings. The summed E-state index contributed by atoms with van der Waals surface area (Å²) in [5.41, 5.74) is 3.17. The van der Waals surface area contributed by atoms with Gasteiger partial charge in [0, 0.05) is 10.2 Å². The van der Waals surface area contributed by atoms with Gasteiger partial charge in [0.1, 0.15) is 5.75 Å². The maximum absolute atomic E-state index is 11.2. The van der Waals surface area contributed by atoms with Crippen molar-refractivity contribution < 1.29 is 9.53 Å². The quantitative estimate of drug-likeness (QED) is 0.682. The summed E-state index contributed by atoms with van der Waals surface area (Å²) in [5.74, 6) is 0.375. The van der Waals surface area contributed by atoms with E-state index in [9.17, 15) is 4.79 Å². The Labute approximate surface area is 103 Å². The fourth-order valence-electron chi connectivity index (χ4n) is 0.886. The average Bonchev–Trinajstić information content (AvgIpc) is 2.25. The molecule has 1 amide bonds. The summed E-state index contributed by atoms with van der Waals surface area (Å²) in [6.45, 7) is 3.56. The molecule has 0 heterocycles. The summed E-state index contributed by atoms with van der Waals surface area (Å²) in [6, 6.07) is 7.26. The van der Waals surface area contributed by atoms with Crippen LogP contribution < -0.4 is 10.2 Å². The van der Waals surface area contributed by atoms with Crippen LogP contribution in [0.4, 0.5) is 0 Å². The van der Waals surface area contributed by atoms with Crippen molar-refractivity contribution in [3.63, 3.8) is 0 Å². The normalized spacial score (nSPS) is 9.44. The summed E-state index contributed by atoms with van der Waals surface area (Å²) in [4.78, 5) is 11.2. The van der Waals surface area contributed by atoms with Gasteiger partial charge in [-0.25, -0.2) is 5.43 Å². The van der Waals surface area contributed by atoms with Crippen LogP contribution in [-0.4, -0.2) is 18.2 Å². The highest BCUT2D eigenvalue weighted by Gasteiger charge is 2.01. The summed E-state index contributed by atoms with van der Waals surface area (Å²) < 4.78 is 6.22. The summed E-state index contributed by atoms with van der Waals surface area (Å²) in [5, 5.41) is 3.78. The van der Waals surface area contributed by atoms with E-state index < -0.39 is 0 Å². The SMILES string of the molecule is CC(C)=NNC(=O)COc1ccc(Br)cc1. The molecular weight excluding hydrogens is 272 g/mol. The Morgan fingerprint density at radius 3 is 2.56 bits per heavy atom. The van der Waals surface area contributed by atoms with Crippen molar-refractivity contribution in [1.29, 1.82) is 0 Å².